The van der Waals surface area contributed by atoms with Gasteiger partial charge in [0.05, 0.1) is 27.4 Å². The molecular weight excluding hydrogens is 576 g/mol. The molecule has 2 aliphatic rings. The Labute approximate surface area is 253 Å². The topological polar surface area (TPSA) is 85.4 Å². The van der Waals surface area contributed by atoms with Crippen LogP contribution in [-0.4, -0.2) is 64.5 Å². The molecule has 3 unspecified atom stereocenters. The molecular formula is C32H37ClN2O6S. The van der Waals surface area contributed by atoms with Crippen LogP contribution in [0.4, 0.5) is 0 Å². The zero-order valence-electron chi connectivity index (χ0n) is 24.6. The smallest absolute Gasteiger partial charge is 0.254 e. The van der Waals surface area contributed by atoms with Crippen LogP contribution in [0.15, 0.2) is 59.5 Å². The first-order valence-electron chi connectivity index (χ1n) is 14.1. The summed E-state index contributed by atoms with van der Waals surface area (Å²) < 4.78 is 45.9. The number of hydrogen-bond acceptors (Lipinski definition) is 6. The molecule has 0 aromatic heterocycles. The zero-order chi connectivity index (χ0) is 30.2. The summed E-state index contributed by atoms with van der Waals surface area (Å²) in [7, 11) is 0.718. The summed E-state index contributed by atoms with van der Waals surface area (Å²) in [6.07, 6.45) is 1.57. The number of amides is 1. The maximum Gasteiger partial charge on any atom is 0.254 e. The minimum Gasteiger partial charge on any atom is -0.495 e. The highest BCUT2D eigenvalue weighted by Crippen LogP contribution is 2.42. The summed E-state index contributed by atoms with van der Waals surface area (Å²) in [4.78, 5) is 16.1. The SMILES string of the molecule is COc1cc2c(cc1OC)C(c1ccc(Cl)cc1)N(C(=O)c1ccc(OC)c(S(=O)(=O)N3CC(C)CC(C)C3)c1)CC2. The summed E-state index contributed by atoms with van der Waals surface area (Å²) in [5.41, 5.74) is 3.10. The number of benzene rings is 3. The Hall–Kier alpha value is -3.27. The van der Waals surface area contributed by atoms with Gasteiger partial charge in [-0.2, -0.15) is 4.31 Å². The third-order valence-corrected chi connectivity index (χ3v) is 10.3. The van der Waals surface area contributed by atoms with Crippen molar-refractivity contribution in [2.24, 2.45) is 11.8 Å². The maximum absolute atomic E-state index is 14.3. The van der Waals surface area contributed by atoms with E-state index in [2.05, 4.69) is 13.8 Å². The molecule has 0 N–H and O–H groups in total. The highest BCUT2D eigenvalue weighted by atomic mass is 35.5. The fraction of sp³-hybridized carbons (Fsp3) is 0.406. The molecule has 3 aromatic rings. The second-order valence-electron chi connectivity index (χ2n) is 11.2. The molecule has 3 atom stereocenters. The van der Waals surface area contributed by atoms with E-state index in [9.17, 15) is 13.2 Å². The van der Waals surface area contributed by atoms with Crippen LogP contribution < -0.4 is 14.2 Å². The van der Waals surface area contributed by atoms with E-state index >= 15 is 0 Å². The number of carbonyl (C=O) groups excluding carboxylic acids is 1. The van der Waals surface area contributed by atoms with Crippen molar-refractivity contribution < 1.29 is 27.4 Å². The third-order valence-electron chi connectivity index (χ3n) is 8.18. The fourth-order valence-electron chi connectivity index (χ4n) is 6.29. The quantitative estimate of drug-likeness (QED) is 0.334. The van der Waals surface area contributed by atoms with Crippen molar-refractivity contribution in [3.8, 4) is 17.2 Å². The second kappa shape index (κ2) is 12.1. The molecule has 2 aliphatic heterocycles. The van der Waals surface area contributed by atoms with Crippen molar-refractivity contribution in [3.63, 3.8) is 0 Å². The summed E-state index contributed by atoms with van der Waals surface area (Å²) in [5, 5.41) is 0.589. The summed E-state index contributed by atoms with van der Waals surface area (Å²) in [6.45, 7) is 5.40. The van der Waals surface area contributed by atoms with Crippen LogP contribution in [0.1, 0.15) is 53.4 Å². The Bertz CT molecular complexity index is 1570. The number of sulfonamides is 1. The summed E-state index contributed by atoms with van der Waals surface area (Å²) in [5.74, 6) is 1.60. The molecule has 0 radical (unpaired) electrons. The number of fused-ring (bicyclic) bond motifs is 1. The van der Waals surface area contributed by atoms with Gasteiger partial charge in [0.25, 0.3) is 5.91 Å². The number of carbonyl (C=O) groups is 1. The normalized spacial score (nSPS) is 21.0. The number of ether oxygens (including phenoxy) is 3. The standard InChI is InChI=1S/C32H37ClN2O6S/c1-20-14-21(2)19-34(18-20)42(37,38)30-16-24(8-11-27(30)39-3)32(36)35-13-12-23-15-28(40-4)29(41-5)17-26(23)31(35)22-6-9-25(33)10-7-22/h6-11,15-17,20-21,31H,12-14,18-19H2,1-5H3. The molecule has 42 heavy (non-hydrogen) atoms. The summed E-state index contributed by atoms with van der Waals surface area (Å²) in [6, 6.07) is 15.5. The van der Waals surface area contributed by atoms with Crippen LogP contribution in [0.25, 0.3) is 0 Å². The van der Waals surface area contributed by atoms with E-state index in [0.29, 0.717) is 42.6 Å². The van der Waals surface area contributed by atoms with E-state index in [1.54, 1.807) is 43.4 Å². The average Bonchev–Trinajstić information content (AvgIpc) is 2.99. The van der Waals surface area contributed by atoms with Crippen LogP contribution in [0.3, 0.4) is 0 Å². The van der Waals surface area contributed by atoms with Gasteiger partial charge in [0.1, 0.15) is 10.6 Å². The Morgan fingerprint density at radius 1 is 0.857 bits per heavy atom. The number of methoxy groups -OCH3 is 3. The predicted molar refractivity (Wildman–Crippen MR) is 162 cm³/mol. The first kappa shape index (κ1) is 30.2. The van der Waals surface area contributed by atoms with Crippen LogP contribution in [-0.2, 0) is 16.4 Å². The molecule has 224 valence electrons. The molecule has 2 heterocycles. The third kappa shape index (κ3) is 5.70. The van der Waals surface area contributed by atoms with E-state index in [1.807, 2.05) is 24.3 Å². The largest absolute Gasteiger partial charge is 0.495 e. The number of piperidine rings is 1. The fourth-order valence-corrected chi connectivity index (χ4v) is 8.27. The highest BCUT2D eigenvalue weighted by Gasteiger charge is 2.37. The van der Waals surface area contributed by atoms with Gasteiger partial charge >= 0.3 is 0 Å². The van der Waals surface area contributed by atoms with Gasteiger partial charge in [0, 0.05) is 30.2 Å². The van der Waals surface area contributed by atoms with E-state index in [1.165, 1.54) is 17.5 Å². The lowest BCUT2D eigenvalue weighted by atomic mass is 9.87. The molecule has 3 aromatic carbocycles. The van der Waals surface area contributed by atoms with Gasteiger partial charge in [-0.25, -0.2) is 8.42 Å². The van der Waals surface area contributed by atoms with Crippen LogP contribution in [0.2, 0.25) is 5.02 Å². The van der Waals surface area contributed by atoms with Crippen molar-refractivity contribution in [3.05, 3.63) is 81.9 Å². The van der Waals surface area contributed by atoms with Gasteiger partial charge in [0.15, 0.2) is 11.5 Å². The molecule has 0 aliphatic carbocycles. The van der Waals surface area contributed by atoms with E-state index in [-0.39, 0.29) is 34.0 Å². The second-order valence-corrected chi connectivity index (χ2v) is 13.6. The van der Waals surface area contributed by atoms with Crippen molar-refractivity contribution in [1.29, 1.82) is 0 Å². The lowest BCUT2D eigenvalue weighted by Gasteiger charge is -2.38. The average molecular weight is 613 g/mol. The van der Waals surface area contributed by atoms with E-state index in [4.69, 9.17) is 25.8 Å². The van der Waals surface area contributed by atoms with Crippen LogP contribution >= 0.6 is 11.6 Å². The predicted octanol–water partition coefficient (Wildman–Crippen LogP) is 5.82. The maximum atomic E-state index is 14.3. The van der Waals surface area contributed by atoms with E-state index < -0.39 is 16.1 Å². The van der Waals surface area contributed by atoms with Gasteiger partial charge < -0.3 is 19.1 Å². The molecule has 0 bridgehead atoms. The van der Waals surface area contributed by atoms with Crippen LogP contribution in [0, 0.1) is 11.8 Å². The van der Waals surface area contributed by atoms with Gasteiger partial charge in [-0.05, 0) is 83.8 Å². The van der Waals surface area contributed by atoms with Crippen molar-refractivity contribution in [1.82, 2.24) is 9.21 Å². The molecule has 1 amide bonds. The van der Waals surface area contributed by atoms with Gasteiger partial charge in [-0.3, -0.25) is 4.79 Å². The molecule has 0 saturated carbocycles. The van der Waals surface area contributed by atoms with Crippen molar-refractivity contribution in [2.45, 2.75) is 37.6 Å². The summed E-state index contributed by atoms with van der Waals surface area (Å²) >= 11 is 6.21. The molecule has 8 nitrogen and oxygen atoms in total. The zero-order valence-corrected chi connectivity index (χ0v) is 26.2. The van der Waals surface area contributed by atoms with Gasteiger partial charge in [-0.15, -0.1) is 0 Å². The Kier molecular flexibility index (Phi) is 8.73. The number of rotatable bonds is 7. The Morgan fingerprint density at radius 2 is 1.48 bits per heavy atom. The lowest BCUT2D eigenvalue weighted by molar-refractivity contribution is 0.0694. The Balaban J connectivity index is 1.58. The minimum absolute atomic E-state index is 0.00371. The molecule has 10 heteroatoms. The lowest BCUT2D eigenvalue weighted by Crippen LogP contribution is -2.43. The number of hydrogen-bond donors (Lipinski definition) is 0. The highest BCUT2D eigenvalue weighted by molar-refractivity contribution is 7.89. The first-order valence-corrected chi connectivity index (χ1v) is 15.9. The minimum atomic E-state index is -3.90. The molecule has 1 fully saturated rings. The monoisotopic (exact) mass is 612 g/mol. The van der Waals surface area contributed by atoms with Crippen molar-refractivity contribution >= 4 is 27.5 Å². The molecule has 1 saturated heterocycles. The Morgan fingerprint density at radius 3 is 2.10 bits per heavy atom. The number of nitrogens with zero attached hydrogens (tertiary/aromatic N) is 2. The van der Waals surface area contributed by atoms with Gasteiger partial charge in [-0.1, -0.05) is 37.6 Å². The molecule has 0 spiro atoms. The number of halogens is 1. The van der Waals surface area contributed by atoms with Crippen LogP contribution in [0.5, 0.6) is 17.2 Å². The first-order chi connectivity index (χ1) is 20.1. The van der Waals surface area contributed by atoms with Crippen molar-refractivity contribution in [2.75, 3.05) is 41.0 Å². The van der Waals surface area contributed by atoms with E-state index in [0.717, 1.165) is 23.1 Å². The van der Waals surface area contributed by atoms with Gasteiger partial charge in [0.2, 0.25) is 10.0 Å². The molecule has 5 rings (SSSR count).